The number of rotatable bonds is 6. The molecule has 1 fully saturated rings. The molecule has 2 aromatic carbocycles. The molecule has 5 heteroatoms. The maximum Gasteiger partial charge on any atom is 0.220 e. The molecule has 0 bridgehead atoms. The highest BCUT2D eigenvalue weighted by Crippen LogP contribution is 2.26. The molecule has 25 heavy (non-hydrogen) atoms. The summed E-state index contributed by atoms with van der Waals surface area (Å²) in [5.74, 6) is 1.77. The van der Waals surface area contributed by atoms with E-state index in [0.29, 0.717) is 6.42 Å². The lowest BCUT2D eigenvalue weighted by atomic mass is 9.91. The normalized spacial score (nSPS) is 20.0. The topological polar surface area (TPSA) is 59.6 Å². The van der Waals surface area contributed by atoms with Gasteiger partial charge in [-0.1, -0.05) is 24.3 Å². The Labute approximate surface area is 148 Å². The Morgan fingerprint density at radius 2 is 1.60 bits per heavy atom. The fourth-order valence-electron chi connectivity index (χ4n) is 3.14. The second-order valence-electron chi connectivity index (χ2n) is 6.19. The van der Waals surface area contributed by atoms with E-state index >= 15 is 0 Å². The standard InChI is InChI=1S/C20H24N2O3/c1-24-16-7-3-14(4-8-16)13-21-18-11-12-19(23)22-20(18)15-5-9-17(25-2)10-6-15/h3-10,18,20-21H,11-13H2,1-2H3,(H,22,23)/t18-,20+/m1/s1. The van der Waals surface area contributed by atoms with E-state index < -0.39 is 0 Å². The average Bonchev–Trinajstić information content (AvgIpc) is 2.67. The van der Waals surface area contributed by atoms with Crippen molar-refractivity contribution in [3.8, 4) is 11.5 Å². The SMILES string of the molecule is COc1ccc(CN[C@@H]2CCC(=O)N[C@H]2c2ccc(OC)cc2)cc1. The molecule has 2 atom stereocenters. The predicted molar refractivity (Wildman–Crippen MR) is 96.7 cm³/mol. The third kappa shape index (κ3) is 4.31. The van der Waals surface area contributed by atoms with Crippen molar-refractivity contribution in [2.75, 3.05) is 14.2 Å². The zero-order valence-electron chi connectivity index (χ0n) is 14.6. The Morgan fingerprint density at radius 1 is 1.00 bits per heavy atom. The smallest absolute Gasteiger partial charge is 0.220 e. The molecule has 5 nitrogen and oxygen atoms in total. The van der Waals surface area contributed by atoms with Crippen molar-refractivity contribution < 1.29 is 14.3 Å². The molecular formula is C20H24N2O3. The number of piperidine rings is 1. The van der Waals surface area contributed by atoms with Crippen LogP contribution < -0.4 is 20.1 Å². The molecule has 1 aliphatic rings. The van der Waals surface area contributed by atoms with Gasteiger partial charge in [-0.25, -0.2) is 0 Å². The number of hydrogen-bond donors (Lipinski definition) is 2. The van der Waals surface area contributed by atoms with E-state index in [1.807, 2.05) is 36.4 Å². The number of ether oxygens (including phenoxy) is 2. The van der Waals surface area contributed by atoms with Gasteiger partial charge < -0.3 is 20.1 Å². The lowest BCUT2D eigenvalue weighted by molar-refractivity contribution is -0.123. The molecule has 0 unspecified atom stereocenters. The number of hydrogen-bond acceptors (Lipinski definition) is 4. The van der Waals surface area contributed by atoms with Gasteiger partial charge in [-0.2, -0.15) is 0 Å². The van der Waals surface area contributed by atoms with Gasteiger partial charge in [0.25, 0.3) is 0 Å². The minimum atomic E-state index is -0.0367. The van der Waals surface area contributed by atoms with Crippen molar-refractivity contribution in [1.29, 1.82) is 0 Å². The van der Waals surface area contributed by atoms with Crippen molar-refractivity contribution in [2.24, 2.45) is 0 Å². The third-order valence-electron chi connectivity index (χ3n) is 4.60. The van der Waals surface area contributed by atoms with E-state index in [-0.39, 0.29) is 18.0 Å². The van der Waals surface area contributed by atoms with Gasteiger partial charge in [0.05, 0.1) is 20.3 Å². The molecule has 2 N–H and O–H groups in total. The van der Waals surface area contributed by atoms with Crippen LogP contribution in [0.3, 0.4) is 0 Å². The van der Waals surface area contributed by atoms with Crippen LogP contribution in [0.2, 0.25) is 0 Å². The zero-order valence-corrected chi connectivity index (χ0v) is 14.6. The lowest BCUT2D eigenvalue weighted by Crippen LogP contribution is -2.48. The quantitative estimate of drug-likeness (QED) is 0.849. The van der Waals surface area contributed by atoms with Gasteiger partial charge in [0.2, 0.25) is 5.91 Å². The van der Waals surface area contributed by atoms with Crippen molar-refractivity contribution in [2.45, 2.75) is 31.5 Å². The van der Waals surface area contributed by atoms with Crippen LogP contribution in [0.4, 0.5) is 0 Å². The number of nitrogens with one attached hydrogen (secondary N) is 2. The molecule has 0 aromatic heterocycles. The maximum absolute atomic E-state index is 11.9. The summed E-state index contributed by atoms with van der Waals surface area (Å²) in [6.45, 7) is 0.747. The number of carbonyl (C=O) groups excluding carboxylic acids is 1. The molecule has 3 rings (SSSR count). The van der Waals surface area contributed by atoms with Crippen LogP contribution in [-0.4, -0.2) is 26.2 Å². The molecule has 1 saturated heterocycles. The lowest BCUT2D eigenvalue weighted by Gasteiger charge is -2.33. The second kappa shape index (κ2) is 8.03. The van der Waals surface area contributed by atoms with E-state index in [4.69, 9.17) is 9.47 Å². The molecule has 132 valence electrons. The van der Waals surface area contributed by atoms with Crippen molar-refractivity contribution in [3.05, 3.63) is 59.7 Å². The van der Waals surface area contributed by atoms with E-state index in [1.54, 1.807) is 14.2 Å². The van der Waals surface area contributed by atoms with E-state index in [2.05, 4.69) is 22.8 Å². The molecule has 1 heterocycles. The van der Waals surface area contributed by atoms with Gasteiger partial charge >= 0.3 is 0 Å². The summed E-state index contributed by atoms with van der Waals surface area (Å²) in [4.78, 5) is 11.9. The molecular weight excluding hydrogens is 316 g/mol. The van der Waals surface area contributed by atoms with Crippen molar-refractivity contribution in [3.63, 3.8) is 0 Å². The Bertz CT molecular complexity index is 698. The summed E-state index contributed by atoms with van der Waals surface area (Å²) in [7, 11) is 3.31. The van der Waals surface area contributed by atoms with Gasteiger partial charge in [0.1, 0.15) is 11.5 Å². The number of carbonyl (C=O) groups is 1. The number of amides is 1. The number of methoxy groups -OCH3 is 2. The maximum atomic E-state index is 11.9. The first-order valence-electron chi connectivity index (χ1n) is 8.49. The van der Waals surface area contributed by atoms with E-state index in [1.165, 1.54) is 5.56 Å². The van der Waals surface area contributed by atoms with Crippen LogP contribution in [0, 0.1) is 0 Å². The van der Waals surface area contributed by atoms with Gasteiger partial charge in [-0.05, 0) is 41.8 Å². The minimum Gasteiger partial charge on any atom is -0.497 e. The van der Waals surface area contributed by atoms with Crippen LogP contribution in [0.1, 0.15) is 30.0 Å². The summed E-state index contributed by atoms with van der Waals surface area (Å²) in [5.41, 5.74) is 2.27. The van der Waals surface area contributed by atoms with Crippen molar-refractivity contribution >= 4 is 5.91 Å². The van der Waals surface area contributed by atoms with Gasteiger partial charge in [-0.3, -0.25) is 4.79 Å². The molecule has 0 spiro atoms. The van der Waals surface area contributed by atoms with Crippen LogP contribution in [-0.2, 0) is 11.3 Å². The zero-order chi connectivity index (χ0) is 17.6. The summed E-state index contributed by atoms with van der Waals surface area (Å²) in [6.07, 6.45) is 1.37. The molecule has 0 radical (unpaired) electrons. The highest BCUT2D eigenvalue weighted by molar-refractivity contribution is 5.77. The third-order valence-corrected chi connectivity index (χ3v) is 4.60. The fourth-order valence-corrected chi connectivity index (χ4v) is 3.14. The van der Waals surface area contributed by atoms with Crippen LogP contribution in [0.25, 0.3) is 0 Å². The first-order chi connectivity index (χ1) is 12.2. The van der Waals surface area contributed by atoms with Crippen molar-refractivity contribution in [1.82, 2.24) is 10.6 Å². The Balaban J connectivity index is 1.69. The second-order valence-corrected chi connectivity index (χ2v) is 6.19. The first kappa shape index (κ1) is 17.3. The summed E-state index contributed by atoms with van der Waals surface area (Å²) >= 11 is 0. The Morgan fingerprint density at radius 3 is 2.20 bits per heavy atom. The van der Waals surface area contributed by atoms with Crippen LogP contribution in [0.5, 0.6) is 11.5 Å². The molecule has 0 saturated carbocycles. The summed E-state index contributed by atoms with van der Waals surface area (Å²) in [5, 5.41) is 6.70. The summed E-state index contributed by atoms with van der Waals surface area (Å²) < 4.78 is 10.4. The van der Waals surface area contributed by atoms with Gasteiger partial charge in [0, 0.05) is 19.0 Å². The highest BCUT2D eigenvalue weighted by atomic mass is 16.5. The minimum absolute atomic E-state index is 0.0367. The molecule has 1 aliphatic heterocycles. The molecule has 2 aromatic rings. The van der Waals surface area contributed by atoms with E-state index in [9.17, 15) is 4.79 Å². The highest BCUT2D eigenvalue weighted by Gasteiger charge is 2.29. The first-order valence-corrected chi connectivity index (χ1v) is 8.49. The fraction of sp³-hybridized carbons (Fsp3) is 0.350. The number of benzene rings is 2. The van der Waals surface area contributed by atoms with Crippen LogP contribution >= 0.6 is 0 Å². The van der Waals surface area contributed by atoms with E-state index in [0.717, 1.165) is 30.0 Å². The van der Waals surface area contributed by atoms with Crippen LogP contribution in [0.15, 0.2) is 48.5 Å². The molecule has 1 amide bonds. The predicted octanol–water partition coefficient (Wildman–Crippen LogP) is 2.81. The van der Waals surface area contributed by atoms with Gasteiger partial charge in [-0.15, -0.1) is 0 Å². The summed E-state index contributed by atoms with van der Waals surface area (Å²) in [6, 6.07) is 16.0. The largest absolute Gasteiger partial charge is 0.497 e. The monoisotopic (exact) mass is 340 g/mol. The van der Waals surface area contributed by atoms with Gasteiger partial charge in [0.15, 0.2) is 0 Å². The average molecular weight is 340 g/mol. The Kier molecular flexibility index (Phi) is 5.56. The Hall–Kier alpha value is -2.53. The molecule has 0 aliphatic carbocycles.